The van der Waals surface area contributed by atoms with Crippen molar-refractivity contribution in [1.82, 2.24) is 4.72 Å². The van der Waals surface area contributed by atoms with Gasteiger partial charge in [0.05, 0.1) is 15.5 Å². The zero-order chi connectivity index (χ0) is 19.6. The molecule has 0 spiro atoms. The minimum Gasteiger partial charge on any atom is -0.268 e. The summed E-state index contributed by atoms with van der Waals surface area (Å²) in [5, 5.41) is 0.365. The first kappa shape index (κ1) is 19.4. The predicted molar refractivity (Wildman–Crippen MR) is 103 cm³/mol. The van der Waals surface area contributed by atoms with Gasteiger partial charge in [-0.15, -0.1) is 0 Å². The maximum atomic E-state index is 13.3. The van der Waals surface area contributed by atoms with E-state index in [1.165, 1.54) is 54.6 Å². The second-order valence-electron chi connectivity index (χ2n) is 5.59. The Morgan fingerprint density at radius 2 is 1.59 bits per heavy atom. The molecule has 138 valence electrons. The van der Waals surface area contributed by atoms with Crippen LogP contribution in [0.4, 0.5) is 4.39 Å². The van der Waals surface area contributed by atoms with Gasteiger partial charge < -0.3 is 0 Å². The van der Waals surface area contributed by atoms with Crippen molar-refractivity contribution in [2.24, 2.45) is 0 Å². The lowest BCUT2D eigenvalue weighted by atomic mass is 10.1. The normalized spacial score (nSPS) is 11.2. The van der Waals surface area contributed by atoms with Crippen molar-refractivity contribution >= 4 is 39.1 Å². The second kappa shape index (κ2) is 7.68. The fourth-order valence-electron chi connectivity index (χ4n) is 2.40. The number of rotatable bonds is 4. The zero-order valence-electron chi connectivity index (χ0n) is 13.6. The van der Waals surface area contributed by atoms with Crippen LogP contribution >= 0.6 is 23.2 Å². The average Bonchev–Trinajstić information content (AvgIpc) is 2.61. The van der Waals surface area contributed by atoms with Crippen molar-refractivity contribution in [3.63, 3.8) is 0 Å². The molecular weight excluding hydrogens is 412 g/mol. The van der Waals surface area contributed by atoms with Gasteiger partial charge in [0.1, 0.15) is 5.82 Å². The Kier molecular flexibility index (Phi) is 5.51. The van der Waals surface area contributed by atoms with E-state index in [0.717, 1.165) is 0 Å². The van der Waals surface area contributed by atoms with E-state index in [1.807, 2.05) is 4.72 Å². The minimum absolute atomic E-state index is 0.0129. The van der Waals surface area contributed by atoms with Gasteiger partial charge in [0.2, 0.25) is 0 Å². The quantitative estimate of drug-likeness (QED) is 0.647. The van der Waals surface area contributed by atoms with E-state index in [4.69, 9.17) is 23.2 Å². The summed E-state index contributed by atoms with van der Waals surface area (Å²) in [6, 6.07) is 15.8. The lowest BCUT2D eigenvalue weighted by Crippen LogP contribution is -2.30. The smallest absolute Gasteiger partial charge is 0.266 e. The molecule has 4 nitrogen and oxygen atoms in total. The van der Waals surface area contributed by atoms with E-state index >= 15 is 0 Å². The molecule has 0 bridgehead atoms. The summed E-state index contributed by atoms with van der Waals surface area (Å²) in [4.78, 5) is 12.1. The summed E-state index contributed by atoms with van der Waals surface area (Å²) in [5.41, 5.74) is 1.23. The molecule has 1 N–H and O–H groups in total. The van der Waals surface area contributed by atoms with Crippen molar-refractivity contribution in [2.75, 3.05) is 0 Å². The third-order valence-corrected chi connectivity index (χ3v) is 5.62. The Bertz CT molecular complexity index is 1120. The van der Waals surface area contributed by atoms with Crippen molar-refractivity contribution in [3.8, 4) is 11.1 Å². The number of hydrogen-bond donors (Lipinski definition) is 1. The number of carbonyl (C=O) groups is 1. The van der Waals surface area contributed by atoms with Crippen LogP contribution in [0.15, 0.2) is 71.6 Å². The second-order valence-corrected chi connectivity index (χ2v) is 8.12. The molecule has 0 fully saturated rings. The van der Waals surface area contributed by atoms with Gasteiger partial charge in [0.25, 0.3) is 15.9 Å². The molecule has 0 aliphatic rings. The fraction of sp³-hybridized carbons (Fsp3) is 0. The summed E-state index contributed by atoms with van der Waals surface area (Å²) >= 11 is 11.7. The number of benzene rings is 3. The molecule has 3 rings (SSSR count). The number of sulfonamides is 1. The maximum Gasteiger partial charge on any atom is 0.266 e. The van der Waals surface area contributed by atoms with Crippen LogP contribution in [-0.2, 0) is 10.0 Å². The average molecular weight is 424 g/mol. The van der Waals surface area contributed by atoms with Gasteiger partial charge in [-0.1, -0.05) is 47.5 Å². The number of carbonyl (C=O) groups excluding carboxylic acids is 1. The summed E-state index contributed by atoms with van der Waals surface area (Å²) in [6.45, 7) is 0. The molecule has 8 heteroatoms. The number of amides is 1. The molecule has 0 aliphatic heterocycles. The highest BCUT2D eigenvalue weighted by atomic mass is 35.5. The van der Waals surface area contributed by atoms with E-state index in [9.17, 15) is 17.6 Å². The first-order valence-electron chi connectivity index (χ1n) is 7.64. The number of nitrogens with one attached hydrogen (secondary N) is 1. The van der Waals surface area contributed by atoms with Crippen LogP contribution in [0.2, 0.25) is 10.0 Å². The van der Waals surface area contributed by atoms with Crippen LogP contribution in [0.1, 0.15) is 10.4 Å². The summed E-state index contributed by atoms with van der Waals surface area (Å²) in [7, 11) is -4.11. The molecule has 3 aromatic rings. The van der Waals surface area contributed by atoms with Crippen LogP contribution < -0.4 is 4.72 Å². The highest BCUT2D eigenvalue weighted by molar-refractivity contribution is 7.90. The molecule has 0 saturated heterocycles. The molecule has 0 aliphatic carbocycles. The third-order valence-electron chi connectivity index (χ3n) is 3.73. The van der Waals surface area contributed by atoms with Crippen LogP contribution in [-0.4, -0.2) is 14.3 Å². The van der Waals surface area contributed by atoms with Crippen molar-refractivity contribution < 1.29 is 17.6 Å². The molecule has 3 aromatic carbocycles. The Labute approximate surface area is 165 Å². The largest absolute Gasteiger partial charge is 0.268 e. The van der Waals surface area contributed by atoms with Crippen LogP contribution in [0.5, 0.6) is 0 Å². The van der Waals surface area contributed by atoms with Gasteiger partial charge in [-0.05, 0) is 53.6 Å². The van der Waals surface area contributed by atoms with Crippen molar-refractivity contribution in [2.45, 2.75) is 4.90 Å². The Morgan fingerprint density at radius 3 is 2.22 bits per heavy atom. The predicted octanol–water partition coefficient (Wildman–Crippen LogP) is 4.92. The molecule has 0 heterocycles. The van der Waals surface area contributed by atoms with Crippen molar-refractivity contribution in [3.05, 3.63) is 88.2 Å². The molecule has 0 saturated carbocycles. The van der Waals surface area contributed by atoms with Crippen LogP contribution in [0, 0.1) is 5.82 Å². The van der Waals surface area contributed by atoms with Gasteiger partial charge in [-0.25, -0.2) is 17.5 Å². The highest BCUT2D eigenvalue weighted by Crippen LogP contribution is 2.23. The first-order chi connectivity index (χ1) is 12.8. The first-order valence-corrected chi connectivity index (χ1v) is 9.88. The summed E-state index contributed by atoms with van der Waals surface area (Å²) < 4.78 is 40.2. The lowest BCUT2D eigenvalue weighted by molar-refractivity contribution is 0.0981. The standard InChI is InChI=1S/C19H12Cl2FNO3S/c20-14-6-9-17(18(21)11-14)19(24)23-27(25,26)16-7-4-12(5-8-16)13-2-1-3-15(22)10-13/h1-11H,(H,23,24). The zero-order valence-corrected chi connectivity index (χ0v) is 15.9. The molecule has 1 amide bonds. The molecule has 0 radical (unpaired) electrons. The van der Waals surface area contributed by atoms with Gasteiger partial charge >= 0.3 is 0 Å². The molecular formula is C19H12Cl2FNO3S. The molecule has 0 aromatic heterocycles. The highest BCUT2D eigenvalue weighted by Gasteiger charge is 2.20. The number of hydrogen-bond acceptors (Lipinski definition) is 3. The Balaban J connectivity index is 1.83. The van der Waals surface area contributed by atoms with Gasteiger partial charge in [-0.2, -0.15) is 0 Å². The Hall–Kier alpha value is -2.41. The van der Waals surface area contributed by atoms with E-state index in [-0.39, 0.29) is 15.5 Å². The van der Waals surface area contributed by atoms with E-state index in [2.05, 4.69) is 0 Å². The van der Waals surface area contributed by atoms with E-state index in [1.54, 1.807) is 12.1 Å². The van der Waals surface area contributed by atoms with Gasteiger partial charge in [-0.3, -0.25) is 4.79 Å². The maximum absolute atomic E-state index is 13.3. The van der Waals surface area contributed by atoms with Crippen LogP contribution in [0.3, 0.4) is 0 Å². The SMILES string of the molecule is O=C(NS(=O)(=O)c1ccc(-c2cccc(F)c2)cc1)c1ccc(Cl)cc1Cl. The van der Waals surface area contributed by atoms with Crippen LogP contribution in [0.25, 0.3) is 11.1 Å². The molecule has 0 unspecified atom stereocenters. The monoisotopic (exact) mass is 423 g/mol. The fourth-order valence-corrected chi connectivity index (χ4v) is 3.86. The topological polar surface area (TPSA) is 63.2 Å². The lowest BCUT2D eigenvalue weighted by Gasteiger charge is -2.09. The Morgan fingerprint density at radius 1 is 0.889 bits per heavy atom. The van der Waals surface area contributed by atoms with E-state index < -0.39 is 21.7 Å². The summed E-state index contributed by atoms with van der Waals surface area (Å²) in [6.07, 6.45) is 0. The molecule has 27 heavy (non-hydrogen) atoms. The third kappa shape index (κ3) is 4.47. The van der Waals surface area contributed by atoms with Gasteiger partial charge in [0, 0.05) is 5.02 Å². The summed E-state index contributed by atoms with van der Waals surface area (Å²) in [5.74, 6) is -1.26. The van der Waals surface area contributed by atoms with E-state index in [0.29, 0.717) is 16.1 Å². The van der Waals surface area contributed by atoms with Crippen molar-refractivity contribution in [1.29, 1.82) is 0 Å². The molecule has 0 atom stereocenters. The minimum atomic E-state index is -4.11. The van der Waals surface area contributed by atoms with Gasteiger partial charge in [0.15, 0.2) is 0 Å². The number of halogens is 3.